The van der Waals surface area contributed by atoms with Crippen molar-refractivity contribution in [1.82, 2.24) is 9.71 Å². The van der Waals surface area contributed by atoms with Crippen molar-refractivity contribution >= 4 is 19.9 Å². The molecule has 0 bridgehead atoms. The number of benzene rings is 2. The van der Waals surface area contributed by atoms with Crippen LogP contribution in [0.3, 0.4) is 0 Å². The van der Waals surface area contributed by atoms with Gasteiger partial charge in [0.15, 0.2) is 9.84 Å². The van der Waals surface area contributed by atoms with Crippen molar-refractivity contribution in [3.05, 3.63) is 78.1 Å². The van der Waals surface area contributed by atoms with Crippen molar-refractivity contribution in [2.75, 3.05) is 20.8 Å². The molecule has 0 aliphatic rings. The second-order valence-corrected chi connectivity index (χ2v) is 10.8. The summed E-state index contributed by atoms with van der Waals surface area (Å²) in [4.78, 5) is 4.09. The molecule has 1 aromatic heterocycles. The summed E-state index contributed by atoms with van der Waals surface area (Å²) >= 11 is 0. The first-order valence-electron chi connectivity index (χ1n) is 9.61. The van der Waals surface area contributed by atoms with Crippen molar-refractivity contribution in [2.45, 2.75) is 22.0 Å². The van der Waals surface area contributed by atoms with E-state index in [4.69, 9.17) is 9.47 Å². The molecule has 1 N–H and O–H groups in total. The van der Waals surface area contributed by atoms with Gasteiger partial charge in [0.25, 0.3) is 0 Å². The monoisotopic (exact) mass is 476 g/mol. The van der Waals surface area contributed by atoms with Crippen LogP contribution >= 0.6 is 0 Å². The first-order chi connectivity index (χ1) is 15.2. The lowest BCUT2D eigenvalue weighted by Gasteiger charge is -2.19. The number of hydrogen-bond acceptors (Lipinski definition) is 7. The first-order valence-corrected chi connectivity index (χ1v) is 12.6. The van der Waals surface area contributed by atoms with Crippen LogP contribution in [0.2, 0.25) is 0 Å². The van der Waals surface area contributed by atoms with Crippen LogP contribution < -0.4 is 14.2 Å². The highest BCUT2D eigenvalue weighted by molar-refractivity contribution is 7.92. The van der Waals surface area contributed by atoms with Crippen LogP contribution in [-0.4, -0.2) is 42.6 Å². The minimum absolute atomic E-state index is 0.0464. The molecule has 3 rings (SSSR count). The minimum atomic E-state index is -3.98. The lowest BCUT2D eigenvalue weighted by atomic mass is 10.2. The zero-order valence-corrected chi connectivity index (χ0v) is 19.5. The maximum absolute atomic E-state index is 13.4. The van der Waals surface area contributed by atoms with Crippen LogP contribution in [0, 0.1) is 6.92 Å². The van der Waals surface area contributed by atoms with Gasteiger partial charge in [-0.3, -0.25) is 4.98 Å². The average molecular weight is 477 g/mol. The summed E-state index contributed by atoms with van der Waals surface area (Å²) in [6.45, 7) is 1.28. The highest BCUT2D eigenvalue weighted by Crippen LogP contribution is 2.30. The zero-order chi connectivity index (χ0) is 23.4. The number of aryl methyl sites for hydroxylation is 1. The third-order valence-electron chi connectivity index (χ3n) is 4.95. The van der Waals surface area contributed by atoms with E-state index in [9.17, 15) is 16.8 Å². The molecule has 0 aliphatic heterocycles. The number of nitrogens with zero attached hydrogens (tertiary/aromatic N) is 1. The molecule has 1 heterocycles. The van der Waals surface area contributed by atoms with Gasteiger partial charge in [-0.15, -0.1) is 0 Å². The summed E-state index contributed by atoms with van der Waals surface area (Å²) in [5.41, 5.74) is 0.852. The predicted octanol–water partition coefficient (Wildman–Crippen LogP) is 2.90. The van der Waals surface area contributed by atoms with E-state index in [0.717, 1.165) is 0 Å². The van der Waals surface area contributed by atoms with E-state index in [-0.39, 0.29) is 16.3 Å². The third-order valence-corrected chi connectivity index (χ3v) is 8.65. The molecule has 0 saturated heterocycles. The lowest BCUT2D eigenvalue weighted by Crippen LogP contribution is -2.32. The molecule has 170 valence electrons. The predicted molar refractivity (Wildman–Crippen MR) is 120 cm³/mol. The fraction of sp³-hybridized carbons (Fsp3) is 0.227. The summed E-state index contributed by atoms with van der Waals surface area (Å²) < 4.78 is 65.4. The Kier molecular flexibility index (Phi) is 7.17. The largest absolute Gasteiger partial charge is 0.497 e. The molecule has 0 radical (unpaired) electrons. The molecule has 0 amide bonds. The van der Waals surface area contributed by atoms with Gasteiger partial charge in [-0.25, -0.2) is 21.6 Å². The number of sulfone groups is 1. The molecular formula is C22H24N2O6S2. The van der Waals surface area contributed by atoms with E-state index < -0.39 is 25.1 Å². The van der Waals surface area contributed by atoms with E-state index in [2.05, 4.69) is 9.71 Å². The fourth-order valence-electron chi connectivity index (χ4n) is 3.22. The number of methoxy groups -OCH3 is 2. The smallest absolute Gasteiger partial charge is 0.240 e. The normalized spacial score (nSPS) is 12.8. The molecule has 3 aromatic rings. The Morgan fingerprint density at radius 2 is 1.59 bits per heavy atom. The topological polar surface area (TPSA) is 112 Å². The number of sulfonamides is 1. The molecular weight excluding hydrogens is 452 g/mol. The summed E-state index contributed by atoms with van der Waals surface area (Å²) in [5.74, 6) is 1.04. The zero-order valence-electron chi connectivity index (χ0n) is 17.8. The standard InChI is InChI=1S/C22H24N2O6S2/c1-16-13-19(30-3)8-11-21(16)32(27,28)24-15-22(17-5-4-12-23-14-17)31(25,26)20-9-6-18(29-2)7-10-20/h4-14,22,24H,15H2,1-3H3. The Balaban J connectivity index is 1.95. The van der Waals surface area contributed by atoms with Crippen molar-refractivity contribution < 1.29 is 26.3 Å². The number of hydrogen-bond donors (Lipinski definition) is 1. The van der Waals surface area contributed by atoms with Crippen molar-refractivity contribution in [3.63, 3.8) is 0 Å². The van der Waals surface area contributed by atoms with Gasteiger partial charge in [0.05, 0.1) is 24.0 Å². The Morgan fingerprint density at radius 3 is 2.16 bits per heavy atom. The molecule has 1 atom stereocenters. The van der Waals surface area contributed by atoms with Gasteiger partial charge in [0.1, 0.15) is 16.7 Å². The van der Waals surface area contributed by atoms with Gasteiger partial charge in [0, 0.05) is 18.9 Å². The number of ether oxygens (including phenoxy) is 2. The summed E-state index contributed by atoms with van der Waals surface area (Å²) in [7, 11) is -4.96. The SMILES string of the molecule is COc1ccc(S(=O)(=O)C(CNS(=O)(=O)c2ccc(OC)cc2C)c2cccnc2)cc1. The Bertz CT molecular complexity index is 1280. The van der Waals surface area contributed by atoms with Gasteiger partial charge in [-0.05, 0) is 66.6 Å². The van der Waals surface area contributed by atoms with Crippen molar-refractivity contribution in [1.29, 1.82) is 0 Å². The van der Waals surface area contributed by atoms with Crippen molar-refractivity contribution in [3.8, 4) is 11.5 Å². The summed E-state index contributed by atoms with van der Waals surface area (Å²) in [6.07, 6.45) is 2.93. The third kappa shape index (κ3) is 5.09. The van der Waals surface area contributed by atoms with Crippen LogP contribution in [0.4, 0.5) is 0 Å². The molecule has 2 aromatic carbocycles. The molecule has 0 saturated carbocycles. The number of aromatic nitrogens is 1. The number of nitrogens with one attached hydrogen (secondary N) is 1. The summed E-state index contributed by atoms with van der Waals surface area (Å²) in [5, 5.41) is -1.18. The second-order valence-electron chi connectivity index (χ2n) is 6.98. The maximum Gasteiger partial charge on any atom is 0.240 e. The van der Waals surface area contributed by atoms with Crippen LogP contribution in [0.5, 0.6) is 11.5 Å². The molecule has 10 heteroatoms. The lowest BCUT2D eigenvalue weighted by molar-refractivity contribution is 0.414. The highest BCUT2D eigenvalue weighted by atomic mass is 32.2. The average Bonchev–Trinajstić information content (AvgIpc) is 2.79. The van der Waals surface area contributed by atoms with Crippen LogP contribution in [0.1, 0.15) is 16.4 Å². The maximum atomic E-state index is 13.4. The molecule has 32 heavy (non-hydrogen) atoms. The number of pyridine rings is 1. The Hall–Kier alpha value is -2.95. The molecule has 1 unspecified atom stereocenters. The Labute approximate surface area is 188 Å². The van der Waals surface area contributed by atoms with Gasteiger partial charge in [0.2, 0.25) is 10.0 Å². The van der Waals surface area contributed by atoms with E-state index in [1.807, 2.05) is 0 Å². The number of rotatable bonds is 9. The summed E-state index contributed by atoms with van der Waals surface area (Å²) in [6, 6.07) is 13.7. The van der Waals surface area contributed by atoms with E-state index >= 15 is 0 Å². The second kappa shape index (κ2) is 9.68. The van der Waals surface area contributed by atoms with Crippen LogP contribution in [0.15, 0.2) is 76.8 Å². The van der Waals surface area contributed by atoms with Crippen LogP contribution in [0.25, 0.3) is 0 Å². The van der Waals surface area contributed by atoms with Gasteiger partial charge >= 0.3 is 0 Å². The van der Waals surface area contributed by atoms with Crippen molar-refractivity contribution in [2.24, 2.45) is 0 Å². The minimum Gasteiger partial charge on any atom is -0.497 e. The molecule has 0 spiro atoms. The van der Waals surface area contributed by atoms with Gasteiger partial charge in [-0.1, -0.05) is 6.07 Å². The van der Waals surface area contributed by atoms with E-state index in [1.165, 1.54) is 63.0 Å². The van der Waals surface area contributed by atoms with Gasteiger partial charge < -0.3 is 9.47 Å². The highest BCUT2D eigenvalue weighted by Gasteiger charge is 2.31. The van der Waals surface area contributed by atoms with E-state index in [1.54, 1.807) is 25.1 Å². The fourth-order valence-corrected chi connectivity index (χ4v) is 6.24. The first kappa shape index (κ1) is 23.7. The quantitative estimate of drug-likeness (QED) is 0.505. The van der Waals surface area contributed by atoms with E-state index in [0.29, 0.717) is 22.6 Å². The van der Waals surface area contributed by atoms with Gasteiger partial charge in [-0.2, -0.15) is 0 Å². The molecule has 0 fully saturated rings. The molecule has 8 nitrogen and oxygen atoms in total. The Morgan fingerprint density at radius 1 is 0.938 bits per heavy atom. The molecule has 0 aliphatic carbocycles. The van der Waals surface area contributed by atoms with Crippen LogP contribution in [-0.2, 0) is 19.9 Å².